The summed E-state index contributed by atoms with van der Waals surface area (Å²) in [6.07, 6.45) is 1.71. The summed E-state index contributed by atoms with van der Waals surface area (Å²) in [5.41, 5.74) is 7.81. The molecule has 1 aromatic carbocycles. The maximum atomic E-state index is 5.60. The van der Waals surface area contributed by atoms with Crippen LogP contribution in [0.1, 0.15) is 18.4 Å². The van der Waals surface area contributed by atoms with Crippen molar-refractivity contribution in [2.45, 2.75) is 12.8 Å². The normalized spacial score (nSPS) is 13.4. The zero-order chi connectivity index (χ0) is 9.26. The van der Waals surface area contributed by atoms with E-state index >= 15 is 0 Å². The summed E-state index contributed by atoms with van der Waals surface area (Å²) < 4.78 is 5.26. The van der Waals surface area contributed by atoms with Gasteiger partial charge in [-0.15, -0.1) is 0 Å². The molecule has 1 unspecified atom stereocenters. The quantitative estimate of drug-likeness (QED) is 0.761. The minimum atomic E-state index is 0.416. The van der Waals surface area contributed by atoms with Gasteiger partial charge in [-0.25, -0.2) is 0 Å². The van der Waals surface area contributed by atoms with E-state index < -0.39 is 0 Å². The van der Waals surface area contributed by atoms with E-state index in [0.29, 0.717) is 12.5 Å². The molecule has 0 radical (unpaired) electrons. The smallest absolute Gasteiger partial charge is 0.133 e. The van der Waals surface area contributed by atoms with Crippen molar-refractivity contribution in [3.05, 3.63) is 36.1 Å². The highest BCUT2D eigenvalue weighted by Gasteiger charge is 2.04. The molecule has 0 aliphatic heterocycles. The Kier molecular flexibility index (Phi) is 2.07. The van der Waals surface area contributed by atoms with Gasteiger partial charge in [-0.1, -0.05) is 13.0 Å². The molecule has 0 aliphatic rings. The lowest BCUT2D eigenvalue weighted by molar-refractivity contribution is 0.615. The molecule has 68 valence electrons. The second kappa shape index (κ2) is 3.23. The molecular weight excluding hydrogens is 162 g/mol. The number of hydrogen-bond donors (Lipinski definition) is 1. The Bertz CT molecular complexity index is 405. The minimum Gasteiger partial charge on any atom is -0.464 e. The Labute approximate surface area is 77.3 Å². The molecule has 0 bridgehead atoms. The molecule has 1 atom stereocenters. The summed E-state index contributed by atoms with van der Waals surface area (Å²) in [4.78, 5) is 0. The monoisotopic (exact) mass is 175 g/mol. The first kappa shape index (κ1) is 8.32. The molecule has 0 fully saturated rings. The molecule has 2 heteroatoms. The van der Waals surface area contributed by atoms with Crippen LogP contribution >= 0.6 is 0 Å². The average molecular weight is 175 g/mol. The molecule has 1 aromatic heterocycles. The molecule has 2 rings (SSSR count). The van der Waals surface area contributed by atoms with Gasteiger partial charge in [0.1, 0.15) is 5.58 Å². The number of fused-ring (bicyclic) bond motifs is 1. The molecule has 2 N–H and O–H groups in total. The fourth-order valence-electron chi connectivity index (χ4n) is 1.43. The van der Waals surface area contributed by atoms with Gasteiger partial charge in [-0.2, -0.15) is 0 Å². The first-order valence-electron chi connectivity index (χ1n) is 4.48. The van der Waals surface area contributed by atoms with E-state index in [1.54, 1.807) is 6.26 Å². The predicted molar refractivity (Wildman–Crippen MR) is 53.7 cm³/mol. The van der Waals surface area contributed by atoms with E-state index in [1.165, 1.54) is 5.56 Å². The number of rotatable bonds is 2. The highest BCUT2D eigenvalue weighted by Crippen LogP contribution is 2.21. The lowest BCUT2D eigenvalue weighted by atomic mass is 10.0. The summed E-state index contributed by atoms with van der Waals surface area (Å²) in [7, 11) is 0. The van der Waals surface area contributed by atoms with Crippen LogP contribution in [0.5, 0.6) is 0 Å². The van der Waals surface area contributed by atoms with Crippen molar-refractivity contribution < 1.29 is 4.42 Å². The van der Waals surface area contributed by atoms with Gasteiger partial charge in [-0.05, 0) is 36.2 Å². The first-order chi connectivity index (χ1) is 6.31. The van der Waals surface area contributed by atoms with Crippen molar-refractivity contribution >= 4 is 11.0 Å². The van der Waals surface area contributed by atoms with Crippen molar-refractivity contribution in [2.75, 3.05) is 6.54 Å². The van der Waals surface area contributed by atoms with Crippen molar-refractivity contribution in [3.63, 3.8) is 0 Å². The van der Waals surface area contributed by atoms with Crippen molar-refractivity contribution in [2.24, 2.45) is 5.73 Å². The lowest BCUT2D eigenvalue weighted by Crippen LogP contribution is -2.08. The van der Waals surface area contributed by atoms with Crippen LogP contribution in [0, 0.1) is 0 Å². The minimum absolute atomic E-state index is 0.416. The summed E-state index contributed by atoms with van der Waals surface area (Å²) in [5, 5.41) is 1.15. The molecule has 1 heterocycles. The Morgan fingerprint density at radius 3 is 3.00 bits per heavy atom. The molecular formula is C11H13NO. The van der Waals surface area contributed by atoms with Crippen molar-refractivity contribution in [3.8, 4) is 0 Å². The fraction of sp³-hybridized carbons (Fsp3) is 0.273. The van der Waals surface area contributed by atoms with Gasteiger partial charge in [0.25, 0.3) is 0 Å². The number of nitrogens with two attached hydrogens (primary N) is 1. The topological polar surface area (TPSA) is 39.2 Å². The third-order valence-electron chi connectivity index (χ3n) is 2.40. The molecule has 0 saturated heterocycles. The van der Waals surface area contributed by atoms with Gasteiger partial charge >= 0.3 is 0 Å². The highest BCUT2D eigenvalue weighted by molar-refractivity contribution is 5.77. The Hall–Kier alpha value is -1.28. The molecule has 2 nitrogen and oxygen atoms in total. The predicted octanol–water partition coefficient (Wildman–Crippen LogP) is 2.50. The average Bonchev–Trinajstić information content (AvgIpc) is 2.63. The van der Waals surface area contributed by atoms with E-state index in [1.807, 2.05) is 12.1 Å². The zero-order valence-electron chi connectivity index (χ0n) is 7.66. The molecule has 2 aromatic rings. The number of furan rings is 1. The SMILES string of the molecule is CC(CN)c1ccc2occc2c1. The Balaban J connectivity index is 2.48. The van der Waals surface area contributed by atoms with Crippen LogP contribution in [0.2, 0.25) is 0 Å². The number of hydrogen-bond acceptors (Lipinski definition) is 2. The van der Waals surface area contributed by atoms with Crippen LogP contribution in [-0.4, -0.2) is 6.54 Å². The summed E-state index contributed by atoms with van der Waals surface area (Å²) in [5.74, 6) is 0.416. The Morgan fingerprint density at radius 1 is 1.38 bits per heavy atom. The largest absolute Gasteiger partial charge is 0.464 e. The fourth-order valence-corrected chi connectivity index (χ4v) is 1.43. The lowest BCUT2D eigenvalue weighted by Gasteiger charge is -2.07. The van der Waals surface area contributed by atoms with Crippen molar-refractivity contribution in [1.82, 2.24) is 0 Å². The molecule has 0 saturated carbocycles. The van der Waals surface area contributed by atoms with Crippen LogP contribution in [0.15, 0.2) is 34.9 Å². The third-order valence-corrected chi connectivity index (χ3v) is 2.40. The van der Waals surface area contributed by atoms with Crippen LogP contribution in [0.25, 0.3) is 11.0 Å². The summed E-state index contributed by atoms with van der Waals surface area (Å²) >= 11 is 0. The Morgan fingerprint density at radius 2 is 2.23 bits per heavy atom. The van der Waals surface area contributed by atoms with E-state index in [-0.39, 0.29) is 0 Å². The van der Waals surface area contributed by atoms with E-state index in [9.17, 15) is 0 Å². The van der Waals surface area contributed by atoms with Gasteiger partial charge < -0.3 is 10.2 Å². The molecule has 0 aliphatic carbocycles. The van der Waals surface area contributed by atoms with Gasteiger partial charge in [-0.3, -0.25) is 0 Å². The second-order valence-corrected chi connectivity index (χ2v) is 3.35. The maximum absolute atomic E-state index is 5.60. The standard InChI is InChI=1S/C11H13NO/c1-8(7-12)9-2-3-11-10(6-9)4-5-13-11/h2-6,8H,7,12H2,1H3. The first-order valence-corrected chi connectivity index (χ1v) is 4.48. The highest BCUT2D eigenvalue weighted by atomic mass is 16.3. The van der Waals surface area contributed by atoms with Gasteiger partial charge in [0.2, 0.25) is 0 Å². The van der Waals surface area contributed by atoms with Crippen LogP contribution in [0.3, 0.4) is 0 Å². The third kappa shape index (κ3) is 1.45. The molecule has 0 amide bonds. The maximum Gasteiger partial charge on any atom is 0.133 e. The molecule has 0 spiro atoms. The van der Waals surface area contributed by atoms with Crippen LogP contribution in [-0.2, 0) is 0 Å². The van der Waals surface area contributed by atoms with Crippen LogP contribution < -0.4 is 5.73 Å². The van der Waals surface area contributed by atoms with Gasteiger partial charge in [0.15, 0.2) is 0 Å². The summed E-state index contributed by atoms with van der Waals surface area (Å²) in [6, 6.07) is 8.18. The second-order valence-electron chi connectivity index (χ2n) is 3.35. The van der Waals surface area contributed by atoms with Crippen LogP contribution in [0.4, 0.5) is 0 Å². The van der Waals surface area contributed by atoms with Gasteiger partial charge in [0.05, 0.1) is 6.26 Å². The van der Waals surface area contributed by atoms with E-state index in [4.69, 9.17) is 10.2 Å². The van der Waals surface area contributed by atoms with E-state index in [0.717, 1.165) is 11.0 Å². The van der Waals surface area contributed by atoms with Crippen molar-refractivity contribution in [1.29, 1.82) is 0 Å². The zero-order valence-corrected chi connectivity index (χ0v) is 7.66. The molecule has 13 heavy (non-hydrogen) atoms. The van der Waals surface area contributed by atoms with E-state index in [2.05, 4.69) is 19.1 Å². The number of benzene rings is 1. The van der Waals surface area contributed by atoms with Gasteiger partial charge in [0, 0.05) is 5.39 Å². The summed E-state index contributed by atoms with van der Waals surface area (Å²) in [6.45, 7) is 2.81.